The Bertz CT molecular complexity index is 873. The minimum Gasteiger partial charge on any atom is -0.496 e. The third-order valence-corrected chi connectivity index (χ3v) is 5.86. The van der Waals surface area contributed by atoms with E-state index in [2.05, 4.69) is 17.2 Å². The highest BCUT2D eigenvalue weighted by Crippen LogP contribution is 2.37. The smallest absolute Gasteiger partial charge is 0.247 e. The fourth-order valence-corrected chi connectivity index (χ4v) is 3.81. The van der Waals surface area contributed by atoms with Crippen LogP contribution in [-0.2, 0) is 9.59 Å². The Morgan fingerprint density at radius 1 is 1.11 bits per heavy atom. The molecule has 8 nitrogen and oxygen atoms in total. The van der Waals surface area contributed by atoms with Crippen LogP contribution in [-0.4, -0.2) is 62.3 Å². The minimum absolute atomic E-state index is 0.151. The molecule has 1 fully saturated rings. The minimum atomic E-state index is -1.06. The SMILES string of the molecule is C=CC.CC.CC.CC=N.COc1ccc(OC)c2c1/C=C/C(=O)N(C)C(C)(C(=O)NC1CCCC1)CN2. The van der Waals surface area contributed by atoms with Gasteiger partial charge in [0, 0.05) is 31.3 Å². The molecule has 1 atom stereocenters. The van der Waals surface area contributed by atoms with Gasteiger partial charge in [0.25, 0.3) is 0 Å². The fraction of sp³-hybridized carbons (Fsp3) is 0.567. The van der Waals surface area contributed by atoms with E-state index in [1.54, 1.807) is 59.4 Å². The van der Waals surface area contributed by atoms with Gasteiger partial charge < -0.3 is 30.4 Å². The number of fused-ring (bicyclic) bond motifs is 1. The van der Waals surface area contributed by atoms with Crippen molar-refractivity contribution in [2.75, 3.05) is 33.1 Å². The van der Waals surface area contributed by atoms with Crippen LogP contribution in [0.5, 0.6) is 11.5 Å². The number of ether oxygens (including phenoxy) is 2. The van der Waals surface area contributed by atoms with Crippen LogP contribution in [0.3, 0.4) is 0 Å². The summed E-state index contributed by atoms with van der Waals surface area (Å²) < 4.78 is 10.9. The second-order valence-corrected chi connectivity index (χ2v) is 8.27. The van der Waals surface area contributed by atoms with Crippen LogP contribution in [0.15, 0.2) is 30.9 Å². The van der Waals surface area contributed by atoms with Crippen molar-refractivity contribution in [1.82, 2.24) is 10.2 Å². The number of carbonyl (C=O) groups excluding carboxylic acids is 2. The Morgan fingerprint density at radius 3 is 2.05 bits per heavy atom. The molecule has 0 aromatic heterocycles. The number of anilines is 1. The number of likely N-dealkylation sites (N-methyl/N-ethyl adjacent to an activating group) is 1. The zero-order chi connectivity index (χ0) is 29.7. The van der Waals surface area contributed by atoms with E-state index < -0.39 is 5.54 Å². The largest absolute Gasteiger partial charge is 0.496 e. The molecule has 0 radical (unpaired) electrons. The quantitative estimate of drug-likeness (QED) is 0.311. The normalized spacial score (nSPS) is 18.5. The number of benzene rings is 1. The third kappa shape index (κ3) is 10.6. The summed E-state index contributed by atoms with van der Waals surface area (Å²) in [5.74, 6) is 0.843. The van der Waals surface area contributed by atoms with Gasteiger partial charge in [-0.1, -0.05) is 46.6 Å². The maximum absolute atomic E-state index is 13.2. The van der Waals surface area contributed by atoms with Crippen LogP contribution in [0.1, 0.15) is 79.7 Å². The monoisotopic (exact) mass is 532 g/mol. The molecule has 8 heteroatoms. The average molecular weight is 533 g/mol. The van der Waals surface area contributed by atoms with Crippen LogP contribution in [0.25, 0.3) is 6.08 Å². The van der Waals surface area contributed by atoms with Crippen molar-refractivity contribution in [3.05, 3.63) is 36.4 Å². The van der Waals surface area contributed by atoms with Crippen molar-refractivity contribution >= 4 is 29.8 Å². The first-order valence-electron chi connectivity index (χ1n) is 13.5. The lowest BCUT2D eigenvalue weighted by Crippen LogP contribution is -2.61. The molecule has 2 aliphatic rings. The van der Waals surface area contributed by atoms with E-state index in [0.29, 0.717) is 22.7 Å². The molecule has 2 amide bonds. The molecular formula is C30H52N4O4. The Labute approximate surface area is 231 Å². The van der Waals surface area contributed by atoms with Gasteiger partial charge in [0.05, 0.1) is 19.9 Å². The zero-order valence-corrected chi connectivity index (χ0v) is 25.4. The molecule has 1 unspecified atom stereocenters. The lowest BCUT2D eigenvalue weighted by Gasteiger charge is -2.38. The molecule has 3 rings (SSSR count). The molecule has 1 aromatic rings. The van der Waals surface area contributed by atoms with E-state index in [9.17, 15) is 9.59 Å². The van der Waals surface area contributed by atoms with Crippen LogP contribution < -0.4 is 20.1 Å². The second kappa shape index (κ2) is 20.7. The van der Waals surface area contributed by atoms with Crippen LogP contribution in [0.2, 0.25) is 0 Å². The van der Waals surface area contributed by atoms with Crippen molar-refractivity contribution in [2.24, 2.45) is 0 Å². The first-order chi connectivity index (χ1) is 18.2. The fourth-order valence-electron chi connectivity index (χ4n) is 3.81. The molecule has 1 saturated carbocycles. The molecule has 216 valence electrons. The van der Waals surface area contributed by atoms with Crippen molar-refractivity contribution in [2.45, 2.75) is 85.7 Å². The second-order valence-electron chi connectivity index (χ2n) is 8.27. The number of amides is 2. The van der Waals surface area contributed by atoms with Gasteiger partial charge in [-0.25, -0.2) is 0 Å². The van der Waals surface area contributed by atoms with Gasteiger partial charge in [0.1, 0.15) is 17.0 Å². The maximum atomic E-state index is 13.2. The molecule has 0 spiro atoms. The molecule has 3 N–H and O–H groups in total. The lowest BCUT2D eigenvalue weighted by molar-refractivity contribution is -0.141. The zero-order valence-electron chi connectivity index (χ0n) is 25.4. The van der Waals surface area contributed by atoms with Crippen molar-refractivity contribution in [3.63, 3.8) is 0 Å². The molecule has 38 heavy (non-hydrogen) atoms. The molecule has 1 aliphatic heterocycles. The van der Waals surface area contributed by atoms with Gasteiger partial charge in [0.2, 0.25) is 11.8 Å². The van der Waals surface area contributed by atoms with E-state index >= 15 is 0 Å². The number of hydrogen-bond donors (Lipinski definition) is 3. The van der Waals surface area contributed by atoms with Crippen LogP contribution in [0, 0.1) is 5.41 Å². The molecular weight excluding hydrogens is 480 g/mol. The molecule has 0 bridgehead atoms. The number of hydrogen-bond acceptors (Lipinski definition) is 6. The highest BCUT2D eigenvalue weighted by atomic mass is 16.5. The number of nitrogens with zero attached hydrogens (tertiary/aromatic N) is 1. The number of allylic oxidation sites excluding steroid dienone is 1. The van der Waals surface area contributed by atoms with E-state index in [1.807, 2.05) is 34.6 Å². The van der Waals surface area contributed by atoms with Crippen LogP contribution >= 0.6 is 0 Å². The summed E-state index contributed by atoms with van der Waals surface area (Å²) in [4.78, 5) is 27.5. The lowest BCUT2D eigenvalue weighted by atomic mass is 9.97. The van der Waals surface area contributed by atoms with E-state index in [1.165, 1.54) is 17.2 Å². The summed E-state index contributed by atoms with van der Waals surface area (Å²) in [6.07, 6.45) is 10.4. The summed E-state index contributed by atoms with van der Waals surface area (Å²) >= 11 is 0. The third-order valence-electron chi connectivity index (χ3n) is 5.86. The summed E-state index contributed by atoms with van der Waals surface area (Å²) in [6.45, 7) is 16.9. The standard InChI is InChI=1S/C21H29N3O4.C3H6.C2H5N.2C2H6/c1-21(20(26)23-14-7-5-6-8-14)13-22-19-15(9-12-18(25)24(21)2)16(27-3)10-11-17(19)28-4;1-3-2;1-2-3;2*1-2/h9-12,14,22H,5-8,13H2,1-4H3,(H,23,26);3H,1H2,2H3;2-3H,1H3;2*1-2H3/b12-9+;;;;. The number of methoxy groups -OCH3 is 2. The van der Waals surface area contributed by atoms with Crippen molar-refractivity contribution < 1.29 is 19.1 Å². The Morgan fingerprint density at radius 2 is 1.58 bits per heavy atom. The highest BCUT2D eigenvalue weighted by molar-refractivity contribution is 5.99. The number of carbonyl (C=O) groups is 2. The predicted molar refractivity (Wildman–Crippen MR) is 162 cm³/mol. The number of nitrogens with one attached hydrogen (secondary N) is 3. The first kappa shape index (κ1) is 36.9. The average Bonchev–Trinajstić information content (AvgIpc) is 3.46. The first-order valence-corrected chi connectivity index (χ1v) is 13.5. The van der Waals surface area contributed by atoms with Gasteiger partial charge in [0.15, 0.2) is 0 Å². The summed E-state index contributed by atoms with van der Waals surface area (Å²) in [5.41, 5.74) is 0.352. The van der Waals surface area contributed by atoms with Gasteiger partial charge in [-0.05, 0) is 58.0 Å². The van der Waals surface area contributed by atoms with E-state index in [4.69, 9.17) is 14.9 Å². The predicted octanol–water partition coefficient (Wildman–Crippen LogP) is 6.32. The van der Waals surface area contributed by atoms with E-state index in [0.717, 1.165) is 25.7 Å². The van der Waals surface area contributed by atoms with E-state index in [-0.39, 0.29) is 24.4 Å². The number of rotatable bonds is 4. The van der Waals surface area contributed by atoms with Gasteiger partial charge in [-0.15, -0.1) is 6.58 Å². The molecule has 1 heterocycles. The Kier molecular flexibility index (Phi) is 20.1. The topological polar surface area (TPSA) is 104 Å². The molecule has 1 aromatic carbocycles. The van der Waals surface area contributed by atoms with Crippen molar-refractivity contribution in [3.8, 4) is 11.5 Å². The highest BCUT2D eigenvalue weighted by Gasteiger charge is 2.41. The van der Waals surface area contributed by atoms with Gasteiger partial charge in [-0.3, -0.25) is 9.59 Å². The summed E-state index contributed by atoms with van der Waals surface area (Å²) in [6, 6.07) is 3.78. The molecule has 1 aliphatic carbocycles. The Hall–Kier alpha value is -3.29. The Balaban J connectivity index is 0. The maximum Gasteiger partial charge on any atom is 0.247 e. The van der Waals surface area contributed by atoms with Crippen molar-refractivity contribution in [1.29, 1.82) is 5.41 Å². The molecule has 0 saturated heterocycles. The van der Waals surface area contributed by atoms with Gasteiger partial charge in [-0.2, -0.15) is 0 Å². The summed E-state index contributed by atoms with van der Waals surface area (Å²) in [5, 5.41) is 12.6. The van der Waals surface area contributed by atoms with Gasteiger partial charge >= 0.3 is 0 Å². The summed E-state index contributed by atoms with van der Waals surface area (Å²) in [7, 11) is 4.83. The van der Waals surface area contributed by atoms with Crippen LogP contribution in [0.4, 0.5) is 5.69 Å².